The van der Waals surface area contributed by atoms with Gasteiger partial charge in [0.15, 0.2) is 11.6 Å². The first-order chi connectivity index (χ1) is 10.8. The van der Waals surface area contributed by atoms with Gasteiger partial charge in [-0.05, 0) is 17.5 Å². The third-order valence-corrected chi connectivity index (χ3v) is 5.12. The molecule has 3 aromatic rings. The van der Waals surface area contributed by atoms with E-state index in [0.29, 0.717) is 11.1 Å². The Morgan fingerprint density at radius 2 is 1.27 bits per heavy atom. The number of Topliss-reactive ketones (excluding diaryl/α,β-unsaturated/α-hetero) is 2. The molecule has 1 aliphatic carbocycles. The highest BCUT2D eigenvalue weighted by Crippen LogP contribution is 2.36. The van der Waals surface area contributed by atoms with Crippen molar-refractivity contribution in [3.63, 3.8) is 0 Å². The predicted molar refractivity (Wildman–Crippen MR) is 88.7 cm³/mol. The molecule has 0 N–H and O–H groups in total. The third kappa shape index (κ3) is 1.97. The van der Waals surface area contributed by atoms with Crippen LogP contribution < -0.4 is 0 Å². The van der Waals surface area contributed by atoms with Crippen LogP contribution in [-0.2, 0) is 0 Å². The minimum Gasteiger partial charge on any atom is -0.292 e. The molecule has 0 amide bonds. The van der Waals surface area contributed by atoms with Gasteiger partial charge in [0.1, 0.15) is 5.25 Å². The van der Waals surface area contributed by atoms with Gasteiger partial charge in [-0.2, -0.15) is 0 Å². The second-order valence-corrected chi connectivity index (χ2v) is 6.43. The number of thioether (sulfide) groups is 1. The highest BCUT2D eigenvalue weighted by molar-refractivity contribution is 8.01. The summed E-state index contributed by atoms with van der Waals surface area (Å²) in [6, 6.07) is 20.9. The molecule has 0 atom stereocenters. The van der Waals surface area contributed by atoms with E-state index in [1.807, 2.05) is 66.7 Å². The summed E-state index contributed by atoms with van der Waals surface area (Å²) in [6.45, 7) is 0. The topological polar surface area (TPSA) is 34.1 Å². The van der Waals surface area contributed by atoms with Crippen LogP contribution in [0.4, 0.5) is 0 Å². The minimum atomic E-state index is -0.692. The van der Waals surface area contributed by atoms with E-state index in [1.54, 1.807) is 0 Å². The molecule has 2 nitrogen and oxygen atoms in total. The van der Waals surface area contributed by atoms with E-state index < -0.39 is 5.25 Å². The first-order valence-electron chi connectivity index (χ1n) is 7.07. The van der Waals surface area contributed by atoms with Crippen molar-refractivity contribution >= 4 is 34.1 Å². The van der Waals surface area contributed by atoms with Crippen LogP contribution in [0.15, 0.2) is 71.6 Å². The van der Waals surface area contributed by atoms with Crippen molar-refractivity contribution in [3.05, 3.63) is 77.9 Å². The highest BCUT2D eigenvalue weighted by atomic mass is 32.2. The zero-order valence-electron chi connectivity index (χ0n) is 11.7. The average Bonchev–Trinajstić information content (AvgIpc) is 2.57. The standard InChI is InChI=1S/C19H12O2S/c20-17-14-10-4-6-12-7-5-11-15(16(12)14)18(21)19(17)22-13-8-2-1-3-9-13/h1-11,19H. The number of hydrogen-bond acceptors (Lipinski definition) is 3. The van der Waals surface area contributed by atoms with Crippen molar-refractivity contribution in [2.75, 3.05) is 0 Å². The van der Waals surface area contributed by atoms with Crippen molar-refractivity contribution < 1.29 is 9.59 Å². The first kappa shape index (κ1) is 13.3. The molecule has 106 valence electrons. The van der Waals surface area contributed by atoms with E-state index in [1.165, 1.54) is 11.8 Å². The van der Waals surface area contributed by atoms with Crippen molar-refractivity contribution in [2.45, 2.75) is 10.1 Å². The molecule has 0 aromatic heterocycles. The van der Waals surface area contributed by atoms with Gasteiger partial charge in [-0.25, -0.2) is 0 Å². The third-order valence-electron chi connectivity index (χ3n) is 3.91. The van der Waals surface area contributed by atoms with Crippen molar-refractivity contribution in [1.29, 1.82) is 0 Å². The fraction of sp³-hybridized carbons (Fsp3) is 0.0526. The van der Waals surface area contributed by atoms with E-state index in [4.69, 9.17) is 0 Å². The monoisotopic (exact) mass is 304 g/mol. The zero-order valence-corrected chi connectivity index (χ0v) is 12.5. The van der Waals surface area contributed by atoms with Gasteiger partial charge in [0.05, 0.1) is 0 Å². The minimum absolute atomic E-state index is 0.0943. The fourth-order valence-electron chi connectivity index (χ4n) is 2.90. The molecule has 0 fully saturated rings. The Bertz CT molecular complexity index is 849. The molecule has 3 aromatic carbocycles. The van der Waals surface area contributed by atoms with Gasteiger partial charge in [-0.1, -0.05) is 54.6 Å². The quantitative estimate of drug-likeness (QED) is 0.659. The van der Waals surface area contributed by atoms with Gasteiger partial charge in [0.2, 0.25) is 0 Å². The molecule has 0 aliphatic heterocycles. The molecular formula is C19H12O2S. The number of carbonyl (C=O) groups excluding carboxylic acids is 2. The molecule has 22 heavy (non-hydrogen) atoms. The lowest BCUT2D eigenvalue weighted by molar-refractivity contribution is 0.0899. The van der Waals surface area contributed by atoms with Crippen LogP contribution in [0.2, 0.25) is 0 Å². The Balaban J connectivity index is 1.85. The largest absolute Gasteiger partial charge is 0.292 e. The lowest BCUT2D eigenvalue weighted by atomic mass is 9.86. The summed E-state index contributed by atoms with van der Waals surface area (Å²) in [4.78, 5) is 26.5. The molecule has 0 saturated heterocycles. The summed E-state index contributed by atoms with van der Waals surface area (Å²) < 4.78 is 0. The Morgan fingerprint density at radius 1 is 0.682 bits per heavy atom. The average molecular weight is 304 g/mol. The smallest absolute Gasteiger partial charge is 0.184 e. The van der Waals surface area contributed by atoms with Gasteiger partial charge >= 0.3 is 0 Å². The van der Waals surface area contributed by atoms with E-state index in [-0.39, 0.29) is 11.6 Å². The summed E-state index contributed by atoms with van der Waals surface area (Å²) in [6.07, 6.45) is 0. The van der Waals surface area contributed by atoms with Gasteiger partial charge in [0.25, 0.3) is 0 Å². The molecule has 0 heterocycles. The van der Waals surface area contributed by atoms with E-state index in [0.717, 1.165) is 15.7 Å². The molecule has 0 radical (unpaired) electrons. The van der Waals surface area contributed by atoms with Crippen LogP contribution in [0.3, 0.4) is 0 Å². The van der Waals surface area contributed by atoms with Crippen molar-refractivity contribution in [3.8, 4) is 0 Å². The normalized spacial score (nSPS) is 14.5. The number of benzene rings is 3. The van der Waals surface area contributed by atoms with Gasteiger partial charge < -0.3 is 0 Å². The van der Waals surface area contributed by atoms with Crippen LogP contribution in [0.25, 0.3) is 10.8 Å². The fourth-order valence-corrected chi connectivity index (χ4v) is 3.95. The van der Waals surface area contributed by atoms with Crippen molar-refractivity contribution in [2.24, 2.45) is 0 Å². The summed E-state index contributed by atoms with van der Waals surface area (Å²) in [7, 11) is 0. The number of ketones is 2. The number of rotatable bonds is 2. The molecule has 4 rings (SSSR count). The molecule has 0 saturated carbocycles. The summed E-state index contributed by atoms with van der Waals surface area (Å²) in [5, 5.41) is 1.05. The number of carbonyl (C=O) groups is 2. The maximum atomic E-state index is 12.8. The maximum absolute atomic E-state index is 12.8. The first-order valence-corrected chi connectivity index (χ1v) is 7.95. The Hall–Kier alpha value is -2.39. The summed E-state index contributed by atoms with van der Waals surface area (Å²) in [5.74, 6) is -0.189. The van der Waals surface area contributed by atoms with E-state index in [2.05, 4.69) is 0 Å². The molecular weight excluding hydrogens is 292 g/mol. The molecule has 1 aliphatic rings. The predicted octanol–water partition coefficient (Wildman–Crippen LogP) is 4.38. The Labute approximate surface area is 132 Å². The van der Waals surface area contributed by atoms with Crippen LogP contribution in [-0.4, -0.2) is 16.8 Å². The summed E-state index contributed by atoms with van der Waals surface area (Å²) in [5.41, 5.74) is 1.31. The van der Waals surface area contributed by atoms with E-state index in [9.17, 15) is 9.59 Å². The second kappa shape index (κ2) is 5.11. The zero-order chi connectivity index (χ0) is 15.1. The number of hydrogen-bond donors (Lipinski definition) is 0. The maximum Gasteiger partial charge on any atom is 0.184 e. The SMILES string of the molecule is O=C1c2cccc3cccc(c23)C(=O)C1Sc1ccccc1. The molecule has 0 unspecified atom stereocenters. The Morgan fingerprint density at radius 3 is 1.86 bits per heavy atom. The summed E-state index contributed by atoms with van der Waals surface area (Å²) >= 11 is 1.33. The van der Waals surface area contributed by atoms with Gasteiger partial charge in [-0.3, -0.25) is 9.59 Å². The Kier molecular flexibility index (Phi) is 3.09. The molecule has 0 spiro atoms. The molecule has 3 heteroatoms. The lowest BCUT2D eigenvalue weighted by Gasteiger charge is -2.22. The van der Waals surface area contributed by atoms with Gasteiger partial charge in [0, 0.05) is 21.4 Å². The second-order valence-electron chi connectivity index (χ2n) is 5.25. The van der Waals surface area contributed by atoms with Crippen LogP contribution >= 0.6 is 11.8 Å². The molecule has 0 bridgehead atoms. The van der Waals surface area contributed by atoms with Gasteiger partial charge in [-0.15, -0.1) is 11.8 Å². The lowest BCUT2D eigenvalue weighted by Crippen LogP contribution is -2.31. The van der Waals surface area contributed by atoms with Crippen molar-refractivity contribution in [1.82, 2.24) is 0 Å². The van der Waals surface area contributed by atoms with E-state index >= 15 is 0 Å². The van der Waals surface area contributed by atoms with Crippen LogP contribution in [0, 0.1) is 0 Å². The van der Waals surface area contributed by atoms with Crippen LogP contribution in [0.1, 0.15) is 20.7 Å². The highest BCUT2D eigenvalue weighted by Gasteiger charge is 2.36. The van der Waals surface area contributed by atoms with Crippen LogP contribution in [0.5, 0.6) is 0 Å².